The van der Waals surface area contributed by atoms with Crippen molar-refractivity contribution < 1.29 is 0 Å². The van der Waals surface area contributed by atoms with Gasteiger partial charge >= 0.3 is 0 Å². The highest BCUT2D eigenvalue weighted by atomic mass is 15.2. The zero-order valence-corrected chi connectivity index (χ0v) is 3.57. The lowest BCUT2D eigenvalue weighted by atomic mass is 11.1. The van der Waals surface area contributed by atoms with Crippen molar-refractivity contribution in [2.24, 2.45) is 22.4 Å². The predicted molar refractivity (Wildman–Crippen MR) is 23.4 cm³/mol. The molecule has 0 aromatic rings. The summed E-state index contributed by atoms with van der Waals surface area (Å²) in [5.41, 5.74) is 9.39. The summed E-state index contributed by atoms with van der Waals surface area (Å²) in [4.78, 5) is 0. The maximum atomic E-state index is 6.00. The van der Waals surface area contributed by atoms with Gasteiger partial charge in [-0.2, -0.15) is 0 Å². The molecule has 0 spiro atoms. The molecule has 0 radical (unpaired) electrons. The Morgan fingerprint density at radius 2 is 1.43 bits per heavy atom. The fourth-order valence-corrected chi connectivity index (χ4v) is 0. The lowest BCUT2D eigenvalue weighted by molar-refractivity contribution is 1.15. The smallest absolute Gasteiger partial charge is 0.208 e. The summed E-state index contributed by atoms with van der Waals surface area (Å²) in [6.07, 6.45) is 0. The molecule has 0 aliphatic carbocycles. The van der Waals surface area contributed by atoms with Crippen molar-refractivity contribution in [3.8, 4) is 0 Å². The summed E-state index contributed by atoms with van der Waals surface area (Å²) in [5.74, 6) is 4.42. The van der Waals surface area contributed by atoms with Crippen molar-refractivity contribution in [3.05, 3.63) is 0 Å². The van der Waals surface area contributed by atoms with E-state index in [0.29, 0.717) is 0 Å². The topological polar surface area (TPSA) is 138 Å². The highest BCUT2D eigenvalue weighted by molar-refractivity contribution is 5.75. The fraction of sp³-hybridized carbons (Fsp3) is 0. The van der Waals surface area contributed by atoms with Crippen molar-refractivity contribution in [2.75, 3.05) is 0 Å². The molecule has 0 amide bonds. The summed E-state index contributed by atoms with van der Waals surface area (Å²) >= 11 is 0. The van der Waals surface area contributed by atoms with Gasteiger partial charge in [0, 0.05) is 10.8 Å². The molecule has 0 unspecified atom stereocenters. The Morgan fingerprint density at radius 3 is 1.43 bits per heavy atom. The molecule has 0 aromatic heterocycles. The first-order valence-electron chi connectivity index (χ1n) is 1.26. The van der Waals surface area contributed by atoms with Crippen LogP contribution in [0.2, 0.25) is 0 Å². The normalized spacial score (nSPS) is 4.86. The van der Waals surface area contributed by atoms with Crippen molar-refractivity contribution in [1.29, 1.82) is 10.8 Å². The van der Waals surface area contributed by atoms with E-state index in [2.05, 4.69) is 10.9 Å². The molecule has 0 aliphatic rings. The lowest BCUT2D eigenvalue weighted by Crippen LogP contribution is -2.23. The molecule has 0 fully saturated rings. The first kappa shape index (κ1) is 9.09. The molecule has 0 heterocycles. The molecule has 6 N–H and O–H groups in total. The van der Waals surface area contributed by atoms with E-state index >= 15 is 0 Å². The molecule has 40 valence electrons. The number of nitrogens with zero attached hydrogens (tertiary/aromatic N) is 3. The average molecular weight is 102 g/mol. The van der Waals surface area contributed by atoms with Crippen LogP contribution >= 0.6 is 0 Å². The van der Waals surface area contributed by atoms with Gasteiger partial charge in [0.1, 0.15) is 0 Å². The third-order valence-corrected chi connectivity index (χ3v) is 0.149. The monoisotopic (exact) mass is 102 g/mol. The Bertz CT molecular complexity index is 65.5. The Kier molecular flexibility index (Phi) is 11.5. The standard InChI is InChI=1S/CH6N4.N2/c2-1(3)5-4;1-2/h4H2,(H4,2,3,5);. The predicted octanol–water partition coefficient (Wildman–Crippen LogP) is -1.84. The zero-order valence-electron chi connectivity index (χ0n) is 3.57. The molecule has 0 aliphatic heterocycles. The van der Waals surface area contributed by atoms with Crippen molar-refractivity contribution >= 4 is 5.96 Å². The first-order valence-corrected chi connectivity index (χ1v) is 1.26. The van der Waals surface area contributed by atoms with Crippen LogP contribution in [0.5, 0.6) is 0 Å². The molecule has 7 heavy (non-hydrogen) atoms. The SMILES string of the molecule is N#N.NN=C(N)N. The summed E-state index contributed by atoms with van der Waals surface area (Å²) in [6.45, 7) is 0. The highest BCUT2D eigenvalue weighted by Gasteiger charge is 1.62. The van der Waals surface area contributed by atoms with Crippen LogP contribution in [-0.4, -0.2) is 5.96 Å². The molecule has 0 atom stereocenters. The van der Waals surface area contributed by atoms with E-state index in [4.69, 9.17) is 22.3 Å². The first-order chi connectivity index (χ1) is 3.27. The van der Waals surface area contributed by atoms with Gasteiger partial charge in [0.25, 0.3) is 0 Å². The third kappa shape index (κ3) is 116. The van der Waals surface area contributed by atoms with E-state index in [1.807, 2.05) is 0 Å². The van der Waals surface area contributed by atoms with Gasteiger partial charge < -0.3 is 17.3 Å². The van der Waals surface area contributed by atoms with Gasteiger partial charge in [-0.1, -0.05) is 0 Å². The summed E-state index contributed by atoms with van der Waals surface area (Å²) in [7, 11) is 0. The van der Waals surface area contributed by atoms with E-state index in [1.54, 1.807) is 0 Å². The molecule has 6 heteroatoms. The number of hydrazone groups is 1. The number of hydrogen-bond acceptors (Lipinski definition) is 4. The quantitative estimate of drug-likeness (QED) is 0.108. The second-order valence-electron chi connectivity index (χ2n) is 0.554. The summed E-state index contributed by atoms with van der Waals surface area (Å²) in [6, 6.07) is 0. The van der Waals surface area contributed by atoms with Gasteiger partial charge in [-0.05, 0) is 0 Å². The van der Waals surface area contributed by atoms with Crippen LogP contribution in [0.15, 0.2) is 5.10 Å². The number of hydrogen-bond donors (Lipinski definition) is 3. The van der Waals surface area contributed by atoms with Crippen molar-refractivity contribution in [2.45, 2.75) is 0 Å². The Balaban J connectivity index is 0. The minimum atomic E-state index is -0.0926. The average Bonchev–Trinajstić information content (AvgIpc) is 1.73. The van der Waals surface area contributed by atoms with Crippen molar-refractivity contribution in [1.82, 2.24) is 0 Å². The van der Waals surface area contributed by atoms with Crippen LogP contribution in [0, 0.1) is 10.8 Å². The van der Waals surface area contributed by atoms with E-state index in [1.165, 1.54) is 0 Å². The van der Waals surface area contributed by atoms with Gasteiger partial charge in [-0.15, -0.1) is 5.10 Å². The fourth-order valence-electron chi connectivity index (χ4n) is 0. The van der Waals surface area contributed by atoms with Gasteiger partial charge in [0.2, 0.25) is 5.96 Å². The van der Waals surface area contributed by atoms with Gasteiger partial charge in [0.05, 0.1) is 0 Å². The minimum absolute atomic E-state index is 0.0926. The van der Waals surface area contributed by atoms with E-state index < -0.39 is 0 Å². The Hall–Kier alpha value is -1.51. The van der Waals surface area contributed by atoms with Crippen LogP contribution in [-0.2, 0) is 0 Å². The molecular weight excluding hydrogens is 96.1 g/mol. The van der Waals surface area contributed by atoms with Gasteiger partial charge in [-0.25, -0.2) is 0 Å². The Morgan fingerprint density at radius 1 is 1.29 bits per heavy atom. The Labute approximate surface area is 40.4 Å². The molecule has 0 rings (SSSR count). The van der Waals surface area contributed by atoms with E-state index in [-0.39, 0.29) is 5.96 Å². The second kappa shape index (κ2) is 8.82. The van der Waals surface area contributed by atoms with Crippen LogP contribution in [0.3, 0.4) is 0 Å². The summed E-state index contributed by atoms with van der Waals surface area (Å²) < 4.78 is 0. The molecule has 0 aromatic carbocycles. The maximum Gasteiger partial charge on any atom is 0.208 e. The lowest BCUT2D eigenvalue weighted by Gasteiger charge is -1.76. The molecule has 0 bridgehead atoms. The van der Waals surface area contributed by atoms with Crippen molar-refractivity contribution in [3.63, 3.8) is 0 Å². The van der Waals surface area contributed by atoms with E-state index in [9.17, 15) is 0 Å². The number of guanidine groups is 1. The second-order valence-corrected chi connectivity index (χ2v) is 0.554. The maximum absolute atomic E-state index is 6.00. The van der Waals surface area contributed by atoms with Crippen LogP contribution in [0.4, 0.5) is 0 Å². The molecule has 0 saturated heterocycles. The van der Waals surface area contributed by atoms with Gasteiger partial charge in [-0.3, -0.25) is 0 Å². The molecule has 6 nitrogen and oxygen atoms in total. The number of rotatable bonds is 0. The largest absolute Gasteiger partial charge is 0.369 e. The molecule has 0 saturated carbocycles. The third-order valence-electron chi connectivity index (χ3n) is 0.149. The minimum Gasteiger partial charge on any atom is -0.369 e. The van der Waals surface area contributed by atoms with Gasteiger partial charge in [0.15, 0.2) is 0 Å². The van der Waals surface area contributed by atoms with E-state index in [0.717, 1.165) is 0 Å². The van der Waals surface area contributed by atoms with Crippen LogP contribution < -0.4 is 17.3 Å². The van der Waals surface area contributed by atoms with Crippen LogP contribution in [0.25, 0.3) is 0 Å². The molecular formula is CH6N6. The summed E-state index contributed by atoms with van der Waals surface area (Å²) in [5, 5.41) is 14.9. The zero-order chi connectivity index (χ0) is 6.28. The van der Waals surface area contributed by atoms with Crippen LogP contribution in [0.1, 0.15) is 0 Å². The number of nitrogens with two attached hydrogens (primary N) is 3. The highest BCUT2D eigenvalue weighted by Crippen LogP contribution is 1.31.